The van der Waals surface area contributed by atoms with Crippen molar-refractivity contribution in [2.24, 2.45) is 5.92 Å². The van der Waals surface area contributed by atoms with Crippen LogP contribution in [0.25, 0.3) is 10.2 Å². The number of aromatic nitrogens is 1. The lowest BCUT2D eigenvalue weighted by Crippen LogP contribution is -2.13. The van der Waals surface area contributed by atoms with E-state index in [2.05, 4.69) is 15.6 Å². The van der Waals surface area contributed by atoms with Gasteiger partial charge in [0, 0.05) is 18.5 Å². The van der Waals surface area contributed by atoms with Gasteiger partial charge < -0.3 is 10.6 Å². The van der Waals surface area contributed by atoms with Gasteiger partial charge in [0.2, 0.25) is 11.8 Å². The molecule has 0 unspecified atom stereocenters. The molecule has 2 amide bonds. The third-order valence-electron chi connectivity index (χ3n) is 2.83. The first-order valence-electron chi connectivity index (χ1n) is 6.98. The number of hydrogen-bond acceptors (Lipinski definition) is 4. The van der Waals surface area contributed by atoms with Crippen molar-refractivity contribution in [2.75, 3.05) is 10.6 Å². The quantitative estimate of drug-likeness (QED) is 0.886. The minimum Gasteiger partial charge on any atom is -0.326 e. The summed E-state index contributed by atoms with van der Waals surface area (Å²) in [6.45, 7) is 5.81. The Morgan fingerprint density at radius 1 is 1.24 bits per heavy atom. The highest BCUT2D eigenvalue weighted by molar-refractivity contribution is 7.22. The number of nitrogens with zero attached hydrogens (tertiary/aromatic N) is 1. The molecule has 0 aliphatic carbocycles. The fourth-order valence-electron chi connectivity index (χ4n) is 1.85. The number of anilines is 2. The molecule has 21 heavy (non-hydrogen) atoms. The van der Waals surface area contributed by atoms with Gasteiger partial charge >= 0.3 is 0 Å². The van der Waals surface area contributed by atoms with E-state index in [-0.39, 0.29) is 11.8 Å². The lowest BCUT2D eigenvalue weighted by Gasteiger charge is -2.06. The summed E-state index contributed by atoms with van der Waals surface area (Å²) in [5, 5.41) is 6.21. The number of amides is 2. The maximum atomic E-state index is 11.8. The summed E-state index contributed by atoms with van der Waals surface area (Å²) in [4.78, 5) is 27.5. The lowest BCUT2D eigenvalue weighted by atomic mass is 10.1. The van der Waals surface area contributed by atoms with Crippen LogP contribution in [0.4, 0.5) is 10.8 Å². The van der Waals surface area contributed by atoms with Gasteiger partial charge in [0.25, 0.3) is 0 Å². The Morgan fingerprint density at radius 3 is 2.67 bits per heavy atom. The number of benzene rings is 1. The summed E-state index contributed by atoms with van der Waals surface area (Å²) in [5.41, 5.74) is 1.57. The van der Waals surface area contributed by atoms with Gasteiger partial charge in [-0.15, -0.1) is 0 Å². The summed E-state index contributed by atoms with van der Waals surface area (Å²) < 4.78 is 0.934. The van der Waals surface area contributed by atoms with Gasteiger partial charge in [-0.25, -0.2) is 4.98 Å². The molecule has 5 nitrogen and oxygen atoms in total. The number of carbonyl (C=O) groups excluding carboxylic acids is 2. The fourth-order valence-corrected chi connectivity index (χ4v) is 2.77. The van der Waals surface area contributed by atoms with Crippen LogP contribution in [-0.2, 0) is 9.59 Å². The van der Waals surface area contributed by atoms with E-state index in [9.17, 15) is 9.59 Å². The third-order valence-corrected chi connectivity index (χ3v) is 3.77. The van der Waals surface area contributed by atoms with Crippen LogP contribution in [0.15, 0.2) is 18.2 Å². The Morgan fingerprint density at radius 2 is 2.00 bits per heavy atom. The van der Waals surface area contributed by atoms with E-state index < -0.39 is 0 Å². The van der Waals surface area contributed by atoms with Crippen molar-refractivity contribution in [1.29, 1.82) is 0 Å². The van der Waals surface area contributed by atoms with E-state index in [4.69, 9.17) is 0 Å². The Hall–Kier alpha value is -1.95. The van der Waals surface area contributed by atoms with Crippen molar-refractivity contribution in [3.8, 4) is 0 Å². The molecule has 0 fully saturated rings. The molecule has 1 heterocycles. The smallest absolute Gasteiger partial charge is 0.225 e. The molecule has 0 bridgehead atoms. The number of hydrogen-bond donors (Lipinski definition) is 2. The summed E-state index contributed by atoms with van der Waals surface area (Å²) in [6.07, 6.45) is 0.922. The number of carbonyl (C=O) groups is 2. The van der Waals surface area contributed by atoms with Gasteiger partial charge in [0.05, 0.1) is 10.2 Å². The maximum absolute atomic E-state index is 11.8. The monoisotopic (exact) mass is 305 g/mol. The largest absolute Gasteiger partial charge is 0.326 e. The van der Waals surface area contributed by atoms with Crippen LogP contribution in [0, 0.1) is 5.92 Å². The average molecular weight is 305 g/mol. The van der Waals surface area contributed by atoms with Crippen molar-refractivity contribution >= 4 is 44.2 Å². The van der Waals surface area contributed by atoms with Gasteiger partial charge in [0.1, 0.15) is 0 Å². The number of fused-ring (bicyclic) bond motifs is 1. The lowest BCUT2D eigenvalue weighted by molar-refractivity contribution is -0.117. The minimum atomic E-state index is -0.0560. The van der Waals surface area contributed by atoms with Gasteiger partial charge in [-0.1, -0.05) is 32.1 Å². The van der Waals surface area contributed by atoms with E-state index in [1.54, 1.807) is 6.92 Å². The van der Waals surface area contributed by atoms with E-state index >= 15 is 0 Å². The van der Waals surface area contributed by atoms with Crippen LogP contribution in [0.2, 0.25) is 0 Å². The Labute approximate surface area is 127 Å². The van der Waals surface area contributed by atoms with Crippen molar-refractivity contribution in [1.82, 2.24) is 4.98 Å². The van der Waals surface area contributed by atoms with E-state index in [1.165, 1.54) is 11.3 Å². The zero-order chi connectivity index (χ0) is 15.4. The Balaban J connectivity index is 2.14. The summed E-state index contributed by atoms with van der Waals surface area (Å²) >= 11 is 1.40. The minimum absolute atomic E-state index is 0.00775. The molecule has 1 aromatic carbocycles. The third kappa shape index (κ3) is 4.26. The normalized spacial score (nSPS) is 10.9. The fraction of sp³-hybridized carbons (Fsp3) is 0.400. The molecule has 2 aromatic rings. The highest BCUT2D eigenvalue weighted by atomic mass is 32.1. The van der Waals surface area contributed by atoms with Crippen LogP contribution in [-0.4, -0.2) is 16.8 Å². The van der Waals surface area contributed by atoms with Crippen molar-refractivity contribution < 1.29 is 9.59 Å². The van der Waals surface area contributed by atoms with Crippen LogP contribution in [0.1, 0.15) is 33.6 Å². The van der Waals surface area contributed by atoms with Crippen molar-refractivity contribution in [3.63, 3.8) is 0 Å². The molecule has 0 aliphatic heterocycles. The predicted molar refractivity (Wildman–Crippen MR) is 86.6 cm³/mol. The predicted octanol–water partition coefficient (Wildman–Crippen LogP) is 3.63. The van der Waals surface area contributed by atoms with Crippen molar-refractivity contribution in [3.05, 3.63) is 18.2 Å². The molecule has 0 radical (unpaired) electrons. The van der Waals surface area contributed by atoms with Crippen LogP contribution in [0.3, 0.4) is 0 Å². The second kappa shape index (κ2) is 6.67. The van der Waals surface area contributed by atoms with Crippen LogP contribution in [0.5, 0.6) is 0 Å². The standard InChI is InChI=1S/C15H19N3O2S/c1-4-13(19)18-15-17-11-6-5-10(8-12(11)21-15)16-14(20)7-9(2)3/h5-6,8-9H,4,7H2,1-3H3,(H,16,20)(H,17,18,19). The zero-order valence-corrected chi connectivity index (χ0v) is 13.2. The maximum Gasteiger partial charge on any atom is 0.225 e. The molecule has 2 rings (SSSR count). The molecular formula is C15H19N3O2S. The van der Waals surface area contributed by atoms with Gasteiger partial charge in [-0.2, -0.15) is 0 Å². The van der Waals surface area contributed by atoms with Gasteiger partial charge in [0.15, 0.2) is 5.13 Å². The van der Waals surface area contributed by atoms with Crippen LogP contribution < -0.4 is 10.6 Å². The molecule has 1 aromatic heterocycles. The van der Waals surface area contributed by atoms with Crippen LogP contribution >= 0.6 is 11.3 Å². The number of thiazole rings is 1. The van der Waals surface area contributed by atoms with Gasteiger partial charge in [-0.3, -0.25) is 9.59 Å². The molecule has 0 aliphatic rings. The Kier molecular flexibility index (Phi) is 4.90. The average Bonchev–Trinajstić information content (AvgIpc) is 2.78. The molecule has 2 N–H and O–H groups in total. The second-order valence-corrected chi connectivity index (χ2v) is 6.28. The molecule has 0 saturated heterocycles. The molecule has 6 heteroatoms. The molecule has 0 saturated carbocycles. The number of rotatable bonds is 5. The number of nitrogens with one attached hydrogen (secondary N) is 2. The zero-order valence-electron chi connectivity index (χ0n) is 12.4. The summed E-state index contributed by atoms with van der Waals surface area (Å²) in [7, 11) is 0. The first-order chi connectivity index (χ1) is 9.97. The highest BCUT2D eigenvalue weighted by Gasteiger charge is 2.09. The SMILES string of the molecule is CCC(=O)Nc1nc2ccc(NC(=O)CC(C)C)cc2s1. The molecular weight excluding hydrogens is 286 g/mol. The summed E-state index contributed by atoms with van der Waals surface area (Å²) in [5.74, 6) is 0.279. The van der Waals surface area contributed by atoms with E-state index in [0.717, 1.165) is 15.9 Å². The summed E-state index contributed by atoms with van der Waals surface area (Å²) in [6, 6.07) is 5.55. The first-order valence-corrected chi connectivity index (χ1v) is 7.80. The van der Waals surface area contributed by atoms with E-state index in [0.29, 0.717) is 23.9 Å². The molecule has 0 atom stereocenters. The Bertz CT molecular complexity index is 664. The second-order valence-electron chi connectivity index (χ2n) is 5.25. The molecule has 0 spiro atoms. The topological polar surface area (TPSA) is 71.1 Å². The highest BCUT2D eigenvalue weighted by Crippen LogP contribution is 2.28. The van der Waals surface area contributed by atoms with E-state index in [1.807, 2.05) is 32.0 Å². The first kappa shape index (κ1) is 15.4. The van der Waals surface area contributed by atoms with Gasteiger partial charge in [-0.05, 0) is 24.1 Å². The van der Waals surface area contributed by atoms with Crippen molar-refractivity contribution in [2.45, 2.75) is 33.6 Å². The molecule has 112 valence electrons.